The lowest BCUT2D eigenvalue weighted by Crippen LogP contribution is -2.06. The van der Waals surface area contributed by atoms with Gasteiger partial charge in [0.25, 0.3) is 0 Å². The molecule has 17 heavy (non-hydrogen) atoms. The first-order chi connectivity index (χ1) is 8.08. The summed E-state index contributed by atoms with van der Waals surface area (Å²) in [6, 6.07) is 6.22. The molecule has 0 fully saturated rings. The van der Waals surface area contributed by atoms with Crippen LogP contribution >= 0.6 is 0 Å². The highest BCUT2D eigenvalue weighted by Crippen LogP contribution is 2.34. The minimum absolute atomic E-state index is 0.00407. The normalized spacial score (nSPS) is 16.8. The number of hydrogen-bond acceptors (Lipinski definition) is 2. The maximum atomic E-state index is 10.9. The number of amides is 1. The fourth-order valence-corrected chi connectivity index (χ4v) is 2.09. The van der Waals surface area contributed by atoms with Crippen LogP contribution in [0.1, 0.15) is 37.3 Å². The summed E-state index contributed by atoms with van der Waals surface area (Å²) in [5, 5.41) is 5.57. The van der Waals surface area contributed by atoms with Gasteiger partial charge in [0.15, 0.2) is 0 Å². The van der Waals surface area contributed by atoms with Crippen molar-refractivity contribution in [3.05, 3.63) is 29.3 Å². The van der Waals surface area contributed by atoms with E-state index in [1.165, 1.54) is 30.9 Å². The predicted octanol–water partition coefficient (Wildman–Crippen LogP) is 2.53. The Bertz CT molecular complexity index is 388. The molecule has 1 aromatic rings. The number of hydrogen-bond donors (Lipinski definition) is 2. The molecule has 1 unspecified atom stereocenters. The monoisotopic (exact) mass is 234 g/mol. The fraction of sp³-hybridized carbons (Fsp3) is 0.500. The zero-order valence-electron chi connectivity index (χ0n) is 11.1. The lowest BCUT2D eigenvalue weighted by atomic mass is 10.0. The molecule has 1 atom stereocenters. The van der Waals surface area contributed by atoms with Crippen molar-refractivity contribution in [2.75, 3.05) is 19.4 Å². The number of fused-ring (bicyclic) bond motifs is 1. The molecule has 1 amide bonds. The van der Waals surface area contributed by atoms with Gasteiger partial charge in [-0.05, 0) is 56.1 Å². The van der Waals surface area contributed by atoms with Crippen LogP contribution in [0.4, 0.5) is 5.69 Å². The van der Waals surface area contributed by atoms with Crippen LogP contribution in [0.3, 0.4) is 0 Å². The summed E-state index contributed by atoms with van der Waals surface area (Å²) < 4.78 is 0. The van der Waals surface area contributed by atoms with Gasteiger partial charge in [-0.2, -0.15) is 0 Å². The number of carbonyl (C=O) groups is 1. The minimum Gasteiger partial charge on any atom is -0.326 e. The van der Waals surface area contributed by atoms with Gasteiger partial charge in [-0.3, -0.25) is 4.79 Å². The first kappa shape index (κ1) is 13.7. The third-order valence-electron chi connectivity index (χ3n) is 2.84. The lowest BCUT2D eigenvalue weighted by Gasteiger charge is -2.07. The molecule has 1 aliphatic carbocycles. The van der Waals surface area contributed by atoms with E-state index in [-0.39, 0.29) is 5.91 Å². The van der Waals surface area contributed by atoms with Crippen molar-refractivity contribution in [2.24, 2.45) is 0 Å². The molecule has 2 N–H and O–H groups in total. The van der Waals surface area contributed by atoms with Crippen LogP contribution in [0, 0.1) is 0 Å². The van der Waals surface area contributed by atoms with Crippen molar-refractivity contribution in [1.82, 2.24) is 5.32 Å². The van der Waals surface area contributed by atoms with Crippen LogP contribution < -0.4 is 10.6 Å². The van der Waals surface area contributed by atoms with E-state index >= 15 is 0 Å². The summed E-state index contributed by atoms with van der Waals surface area (Å²) in [5.41, 5.74) is 3.76. The van der Waals surface area contributed by atoms with Crippen molar-refractivity contribution in [3.8, 4) is 0 Å². The van der Waals surface area contributed by atoms with E-state index < -0.39 is 0 Å². The number of aryl methyl sites for hydroxylation is 1. The summed E-state index contributed by atoms with van der Waals surface area (Å²) in [6.07, 6.45) is 2.41. The van der Waals surface area contributed by atoms with E-state index in [4.69, 9.17) is 0 Å². The predicted molar refractivity (Wildman–Crippen MR) is 72.5 cm³/mol. The van der Waals surface area contributed by atoms with E-state index in [2.05, 4.69) is 29.7 Å². The van der Waals surface area contributed by atoms with Crippen molar-refractivity contribution in [2.45, 2.75) is 32.6 Å². The molecule has 0 heterocycles. The Morgan fingerprint density at radius 1 is 1.35 bits per heavy atom. The lowest BCUT2D eigenvalue weighted by molar-refractivity contribution is -0.114. The van der Waals surface area contributed by atoms with Gasteiger partial charge in [-0.15, -0.1) is 0 Å². The molecule has 1 aliphatic rings. The molecule has 0 radical (unpaired) electrons. The number of carbonyl (C=O) groups excluding carboxylic acids is 1. The second kappa shape index (κ2) is 6.40. The molecular weight excluding hydrogens is 212 g/mol. The molecule has 2 rings (SSSR count). The highest BCUT2D eigenvalue weighted by molar-refractivity contribution is 5.88. The highest BCUT2D eigenvalue weighted by Gasteiger charge is 2.18. The summed E-state index contributed by atoms with van der Waals surface area (Å²) in [7, 11) is 3.75. The van der Waals surface area contributed by atoms with Gasteiger partial charge < -0.3 is 10.6 Å². The van der Waals surface area contributed by atoms with Crippen molar-refractivity contribution in [3.63, 3.8) is 0 Å². The van der Waals surface area contributed by atoms with Crippen molar-refractivity contribution in [1.29, 1.82) is 0 Å². The number of anilines is 1. The molecule has 3 nitrogen and oxygen atoms in total. The largest absolute Gasteiger partial charge is 0.326 e. The van der Waals surface area contributed by atoms with Gasteiger partial charge in [0.1, 0.15) is 0 Å². The number of rotatable bonds is 1. The smallest absolute Gasteiger partial charge is 0.221 e. The van der Waals surface area contributed by atoms with Crippen LogP contribution in [0.25, 0.3) is 0 Å². The van der Waals surface area contributed by atoms with Gasteiger partial charge in [-0.1, -0.05) is 13.0 Å². The van der Waals surface area contributed by atoms with Crippen molar-refractivity contribution < 1.29 is 4.79 Å². The molecule has 0 spiro atoms. The van der Waals surface area contributed by atoms with E-state index in [9.17, 15) is 4.79 Å². The van der Waals surface area contributed by atoms with Crippen LogP contribution in [-0.4, -0.2) is 20.0 Å². The van der Waals surface area contributed by atoms with E-state index in [1.807, 2.05) is 20.2 Å². The molecule has 3 heteroatoms. The fourth-order valence-electron chi connectivity index (χ4n) is 2.09. The van der Waals surface area contributed by atoms with Crippen LogP contribution in [0.2, 0.25) is 0 Å². The summed E-state index contributed by atoms with van der Waals surface area (Å²) in [6.45, 7) is 3.78. The van der Waals surface area contributed by atoms with Crippen LogP contribution in [0.5, 0.6) is 0 Å². The van der Waals surface area contributed by atoms with E-state index in [0.717, 1.165) is 5.69 Å². The molecular formula is C14H22N2O. The third-order valence-corrected chi connectivity index (χ3v) is 2.84. The molecule has 94 valence electrons. The Kier molecular flexibility index (Phi) is 5.16. The summed E-state index contributed by atoms with van der Waals surface area (Å²) in [5.74, 6) is 0.634. The Balaban J connectivity index is 0.000000437. The average molecular weight is 234 g/mol. The Morgan fingerprint density at radius 2 is 2.00 bits per heavy atom. The van der Waals surface area contributed by atoms with E-state index in [1.54, 1.807) is 0 Å². The zero-order chi connectivity index (χ0) is 12.8. The third kappa shape index (κ3) is 3.86. The maximum Gasteiger partial charge on any atom is 0.221 e. The molecule has 1 aromatic carbocycles. The number of benzene rings is 1. The van der Waals surface area contributed by atoms with E-state index in [0.29, 0.717) is 5.92 Å². The molecule has 0 aliphatic heterocycles. The topological polar surface area (TPSA) is 41.1 Å². The summed E-state index contributed by atoms with van der Waals surface area (Å²) >= 11 is 0. The Labute approximate surface area is 104 Å². The first-order valence-electron chi connectivity index (χ1n) is 6.07. The highest BCUT2D eigenvalue weighted by atomic mass is 16.1. The SMILES string of the molecule is CC(=O)Nc1ccc2c(c1)C(C)CC2.CNC. The Morgan fingerprint density at radius 3 is 2.59 bits per heavy atom. The second-order valence-electron chi connectivity index (χ2n) is 4.53. The average Bonchev–Trinajstić information content (AvgIpc) is 2.61. The quantitative estimate of drug-likeness (QED) is 0.784. The van der Waals surface area contributed by atoms with Gasteiger partial charge in [0.2, 0.25) is 5.91 Å². The zero-order valence-corrected chi connectivity index (χ0v) is 11.1. The second-order valence-corrected chi connectivity index (χ2v) is 4.53. The first-order valence-corrected chi connectivity index (χ1v) is 6.07. The van der Waals surface area contributed by atoms with Crippen molar-refractivity contribution >= 4 is 11.6 Å². The molecule has 0 saturated heterocycles. The number of nitrogens with one attached hydrogen (secondary N) is 2. The Hall–Kier alpha value is -1.35. The van der Waals surface area contributed by atoms with Gasteiger partial charge in [0.05, 0.1) is 0 Å². The van der Waals surface area contributed by atoms with Gasteiger partial charge in [-0.25, -0.2) is 0 Å². The van der Waals surface area contributed by atoms with Crippen LogP contribution in [0.15, 0.2) is 18.2 Å². The molecule has 0 bridgehead atoms. The summed E-state index contributed by atoms with van der Waals surface area (Å²) in [4.78, 5) is 10.9. The molecule has 0 aromatic heterocycles. The van der Waals surface area contributed by atoms with Gasteiger partial charge in [0, 0.05) is 12.6 Å². The van der Waals surface area contributed by atoms with Crippen LogP contribution in [-0.2, 0) is 11.2 Å². The van der Waals surface area contributed by atoms with Gasteiger partial charge >= 0.3 is 0 Å². The minimum atomic E-state index is -0.00407. The standard InChI is InChI=1S/C12H15NO.C2H7N/c1-8-3-4-10-5-6-11(7-12(8)10)13-9(2)14;1-3-2/h5-8H,3-4H2,1-2H3,(H,13,14);3H,1-2H3. The maximum absolute atomic E-state index is 10.9. The molecule has 0 saturated carbocycles.